The number of hydrazone groups is 1. The van der Waals surface area contributed by atoms with Gasteiger partial charge in [0.05, 0.1) is 23.7 Å². The average molecular weight is 422 g/mol. The number of anilines is 1. The van der Waals surface area contributed by atoms with E-state index in [1.165, 1.54) is 21.3 Å². The van der Waals surface area contributed by atoms with Crippen molar-refractivity contribution in [2.75, 3.05) is 5.01 Å². The van der Waals surface area contributed by atoms with Gasteiger partial charge in [0.2, 0.25) is 0 Å². The zero-order valence-corrected chi connectivity index (χ0v) is 17.5. The Morgan fingerprint density at radius 3 is 1.52 bits per heavy atom. The van der Waals surface area contributed by atoms with Crippen molar-refractivity contribution in [3.63, 3.8) is 0 Å². The first-order chi connectivity index (χ1) is 15.3. The molecule has 0 amide bonds. The molecule has 0 aliphatic carbocycles. The summed E-state index contributed by atoms with van der Waals surface area (Å²) >= 11 is 6.35. The quantitative estimate of drug-likeness (QED) is 0.323. The SMILES string of the molecule is ClN1N=CC(c2ccc(-c3ccccc3)cc2)=CN1c1ccc(-c2ccccc2)cc1. The Balaban J connectivity index is 1.40. The smallest absolute Gasteiger partial charge is 0.0656 e. The number of benzene rings is 4. The minimum Gasteiger partial charge on any atom is -0.229 e. The maximum Gasteiger partial charge on any atom is 0.0656 e. The summed E-state index contributed by atoms with van der Waals surface area (Å²) in [5, 5.41) is 6.17. The third kappa shape index (κ3) is 4.09. The number of hydrogen-bond acceptors (Lipinski definition) is 3. The van der Waals surface area contributed by atoms with Crippen LogP contribution in [0.3, 0.4) is 0 Å². The Hall–Kier alpha value is -3.82. The van der Waals surface area contributed by atoms with E-state index in [4.69, 9.17) is 11.8 Å². The van der Waals surface area contributed by atoms with Crippen LogP contribution in [0.2, 0.25) is 0 Å². The molecule has 31 heavy (non-hydrogen) atoms. The number of halogens is 1. The third-order valence-electron chi connectivity index (χ3n) is 5.30. The highest BCUT2D eigenvalue weighted by Crippen LogP contribution is 2.29. The molecule has 0 aromatic heterocycles. The van der Waals surface area contributed by atoms with Gasteiger partial charge in [0.15, 0.2) is 0 Å². The second kappa shape index (κ2) is 8.50. The fourth-order valence-corrected chi connectivity index (χ4v) is 3.79. The van der Waals surface area contributed by atoms with Gasteiger partial charge in [0.25, 0.3) is 0 Å². The lowest BCUT2D eigenvalue weighted by Crippen LogP contribution is -2.30. The van der Waals surface area contributed by atoms with E-state index in [1.54, 1.807) is 6.21 Å². The van der Waals surface area contributed by atoms with Crippen LogP contribution in [0.25, 0.3) is 27.8 Å². The van der Waals surface area contributed by atoms with Crippen LogP contribution in [0.4, 0.5) is 5.69 Å². The van der Waals surface area contributed by atoms with Crippen LogP contribution in [0.5, 0.6) is 0 Å². The molecule has 1 aliphatic heterocycles. The third-order valence-corrected chi connectivity index (χ3v) is 5.55. The van der Waals surface area contributed by atoms with Crippen molar-refractivity contribution in [3.8, 4) is 22.3 Å². The molecule has 1 heterocycles. The van der Waals surface area contributed by atoms with Gasteiger partial charge in [-0.2, -0.15) is 0 Å². The minimum atomic E-state index is 0.935. The molecule has 0 saturated carbocycles. The van der Waals surface area contributed by atoms with Crippen LogP contribution in [-0.2, 0) is 0 Å². The molecular formula is C27H20ClN3. The van der Waals surface area contributed by atoms with Crippen molar-refractivity contribution in [1.82, 2.24) is 4.64 Å². The summed E-state index contributed by atoms with van der Waals surface area (Å²) in [6.45, 7) is 0. The number of nitrogens with zero attached hydrogens (tertiary/aromatic N) is 3. The normalized spacial score (nSPS) is 13.3. The molecule has 150 valence electrons. The summed E-state index contributed by atoms with van der Waals surface area (Å²) < 4.78 is 1.32. The zero-order valence-electron chi connectivity index (χ0n) is 16.8. The first-order valence-electron chi connectivity index (χ1n) is 10.1. The lowest BCUT2D eigenvalue weighted by molar-refractivity contribution is 0.491. The highest BCUT2D eigenvalue weighted by Gasteiger charge is 2.16. The van der Waals surface area contributed by atoms with E-state index in [0.29, 0.717) is 0 Å². The number of allylic oxidation sites excluding steroid dienone is 1. The van der Waals surface area contributed by atoms with Gasteiger partial charge in [-0.15, -0.1) is 9.74 Å². The molecule has 0 bridgehead atoms. The van der Waals surface area contributed by atoms with E-state index in [0.717, 1.165) is 22.4 Å². The minimum absolute atomic E-state index is 0.935. The van der Waals surface area contributed by atoms with Gasteiger partial charge in [0.1, 0.15) is 0 Å². The maximum absolute atomic E-state index is 6.35. The van der Waals surface area contributed by atoms with Gasteiger partial charge in [-0.05, 0) is 39.9 Å². The van der Waals surface area contributed by atoms with Crippen LogP contribution in [0.15, 0.2) is 120 Å². The molecule has 0 fully saturated rings. The van der Waals surface area contributed by atoms with E-state index in [1.807, 2.05) is 47.6 Å². The van der Waals surface area contributed by atoms with Crippen LogP contribution in [0.1, 0.15) is 5.56 Å². The molecule has 3 nitrogen and oxygen atoms in total. The maximum atomic E-state index is 6.35. The van der Waals surface area contributed by atoms with Crippen LogP contribution >= 0.6 is 11.8 Å². The highest BCUT2D eigenvalue weighted by atomic mass is 35.5. The summed E-state index contributed by atoms with van der Waals surface area (Å²) in [6.07, 6.45) is 3.77. The van der Waals surface area contributed by atoms with Gasteiger partial charge in [-0.3, -0.25) is 0 Å². The summed E-state index contributed by atoms with van der Waals surface area (Å²) in [4.78, 5) is 0. The van der Waals surface area contributed by atoms with E-state index in [-0.39, 0.29) is 0 Å². The molecule has 0 saturated heterocycles. The van der Waals surface area contributed by atoms with Gasteiger partial charge in [-0.1, -0.05) is 97.1 Å². The summed E-state index contributed by atoms with van der Waals surface area (Å²) in [6, 6.07) is 37.4. The molecule has 0 unspecified atom stereocenters. The van der Waals surface area contributed by atoms with Crippen LogP contribution in [0, 0.1) is 0 Å². The first-order valence-corrected chi connectivity index (χ1v) is 10.4. The summed E-state index contributed by atoms with van der Waals surface area (Å²) in [5.41, 5.74) is 7.74. The van der Waals surface area contributed by atoms with Crippen molar-refractivity contribution in [1.29, 1.82) is 0 Å². The van der Waals surface area contributed by atoms with Crippen molar-refractivity contribution in [2.45, 2.75) is 0 Å². The number of hydrogen-bond donors (Lipinski definition) is 0. The number of rotatable bonds is 4. The average Bonchev–Trinajstić information content (AvgIpc) is 2.86. The molecule has 4 heteroatoms. The van der Waals surface area contributed by atoms with Gasteiger partial charge >= 0.3 is 0 Å². The van der Waals surface area contributed by atoms with E-state index in [2.05, 4.69) is 77.9 Å². The van der Waals surface area contributed by atoms with Crippen molar-refractivity contribution in [2.24, 2.45) is 5.10 Å². The van der Waals surface area contributed by atoms with Crippen molar-refractivity contribution < 1.29 is 0 Å². The monoisotopic (exact) mass is 421 g/mol. The van der Waals surface area contributed by atoms with Crippen molar-refractivity contribution >= 4 is 29.3 Å². The lowest BCUT2D eigenvalue weighted by Gasteiger charge is -2.29. The summed E-state index contributed by atoms with van der Waals surface area (Å²) in [7, 11) is 0. The number of hydrazine groups is 1. The fraction of sp³-hybridized carbons (Fsp3) is 0. The highest BCUT2D eigenvalue weighted by molar-refractivity contribution is 6.17. The molecule has 1 aliphatic rings. The predicted octanol–water partition coefficient (Wildman–Crippen LogP) is 7.24. The standard InChI is InChI=1S/C27H20ClN3/c28-31-29-19-26(25-13-11-23(12-14-25)21-7-3-1-4-8-21)20-30(31)27-17-15-24(16-18-27)22-9-5-2-6-10-22/h1-20H. The summed E-state index contributed by atoms with van der Waals surface area (Å²) in [5.74, 6) is 0. The van der Waals surface area contributed by atoms with E-state index >= 15 is 0 Å². The Bertz CT molecular complexity index is 1220. The Morgan fingerprint density at radius 1 is 0.516 bits per heavy atom. The molecule has 4 aromatic carbocycles. The molecule has 5 rings (SSSR count). The van der Waals surface area contributed by atoms with E-state index in [9.17, 15) is 0 Å². The molecule has 0 radical (unpaired) electrons. The second-order valence-electron chi connectivity index (χ2n) is 7.27. The Labute approximate surface area is 187 Å². The molecule has 0 spiro atoms. The van der Waals surface area contributed by atoms with Crippen LogP contribution in [-0.4, -0.2) is 10.9 Å². The van der Waals surface area contributed by atoms with Gasteiger partial charge in [0, 0.05) is 11.8 Å². The first kappa shape index (κ1) is 19.2. The molecular weight excluding hydrogens is 402 g/mol. The molecule has 0 N–H and O–H groups in total. The Kier molecular flexibility index (Phi) is 5.26. The van der Waals surface area contributed by atoms with Crippen LogP contribution < -0.4 is 5.01 Å². The second-order valence-corrected chi connectivity index (χ2v) is 7.57. The van der Waals surface area contributed by atoms with Crippen molar-refractivity contribution in [3.05, 3.63) is 121 Å². The van der Waals surface area contributed by atoms with Gasteiger partial charge in [-0.25, -0.2) is 5.01 Å². The van der Waals surface area contributed by atoms with E-state index < -0.39 is 0 Å². The molecule has 0 atom stereocenters. The Morgan fingerprint density at radius 2 is 0.968 bits per heavy atom. The topological polar surface area (TPSA) is 18.8 Å². The zero-order chi connectivity index (χ0) is 21.0. The molecule has 4 aromatic rings. The lowest BCUT2D eigenvalue weighted by atomic mass is 10.0. The largest absolute Gasteiger partial charge is 0.229 e. The van der Waals surface area contributed by atoms with Gasteiger partial charge < -0.3 is 0 Å². The fourth-order valence-electron chi connectivity index (χ4n) is 3.62. The predicted molar refractivity (Wildman–Crippen MR) is 130 cm³/mol.